The molecule has 1 aliphatic heterocycles. The summed E-state index contributed by atoms with van der Waals surface area (Å²) in [7, 11) is 0. The molecule has 2 N–H and O–H groups in total. The van der Waals surface area contributed by atoms with Crippen LogP contribution in [0, 0.1) is 0 Å². The van der Waals surface area contributed by atoms with Crippen molar-refractivity contribution in [2.75, 3.05) is 18.5 Å². The van der Waals surface area contributed by atoms with Crippen LogP contribution in [-0.4, -0.2) is 40.3 Å². The van der Waals surface area contributed by atoms with Gasteiger partial charge in [-0.15, -0.1) is 0 Å². The summed E-state index contributed by atoms with van der Waals surface area (Å²) in [4.78, 5) is 18.1. The molecule has 1 saturated heterocycles. The number of carbonyl (C=O) groups is 1. The second-order valence-electron chi connectivity index (χ2n) is 2.97. The summed E-state index contributed by atoms with van der Waals surface area (Å²) >= 11 is 0. The van der Waals surface area contributed by atoms with Gasteiger partial charge in [0.15, 0.2) is 5.69 Å². The van der Waals surface area contributed by atoms with E-state index in [-0.39, 0.29) is 11.7 Å². The molecule has 0 saturated carbocycles. The molecule has 0 bridgehead atoms. The predicted molar refractivity (Wildman–Crippen MR) is 47.2 cm³/mol. The molecule has 74 valence electrons. The summed E-state index contributed by atoms with van der Waals surface area (Å²) in [6.45, 7) is 1.26. The van der Waals surface area contributed by atoms with Gasteiger partial charge in [-0.05, 0) is 0 Å². The number of hydrogen-bond donors (Lipinski definition) is 2. The molecular weight excluding hydrogens is 186 g/mol. The number of rotatable bonds is 3. The Labute approximate surface area is 79.9 Å². The highest BCUT2D eigenvalue weighted by atomic mass is 16.5. The molecule has 1 aromatic heterocycles. The fourth-order valence-electron chi connectivity index (χ4n) is 1.08. The molecule has 0 aliphatic carbocycles. The zero-order valence-electron chi connectivity index (χ0n) is 7.30. The lowest BCUT2D eigenvalue weighted by Crippen LogP contribution is -2.40. The second-order valence-corrected chi connectivity index (χ2v) is 2.97. The number of anilines is 1. The maximum Gasteiger partial charge on any atom is 0.354 e. The lowest BCUT2D eigenvalue weighted by atomic mass is 10.2. The van der Waals surface area contributed by atoms with Crippen molar-refractivity contribution < 1.29 is 14.6 Å². The Balaban J connectivity index is 2.09. The van der Waals surface area contributed by atoms with Crippen molar-refractivity contribution in [2.45, 2.75) is 6.04 Å². The smallest absolute Gasteiger partial charge is 0.354 e. The number of nitrogens with one attached hydrogen (secondary N) is 1. The Morgan fingerprint density at radius 1 is 1.57 bits per heavy atom. The minimum absolute atomic E-state index is 0.0114. The van der Waals surface area contributed by atoms with E-state index >= 15 is 0 Å². The van der Waals surface area contributed by atoms with Gasteiger partial charge in [-0.1, -0.05) is 0 Å². The second kappa shape index (κ2) is 3.59. The molecule has 1 aliphatic rings. The molecule has 14 heavy (non-hydrogen) atoms. The highest BCUT2D eigenvalue weighted by molar-refractivity contribution is 5.86. The summed E-state index contributed by atoms with van der Waals surface area (Å²) in [5.41, 5.74) is -0.0114. The molecule has 6 heteroatoms. The van der Waals surface area contributed by atoms with E-state index in [0.29, 0.717) is 19.0 Å². The molecule has 0 unspecified atom stereocenters. The predicted octanol–water partition coefficient (Wildman–Crippen LogP) is -0.0145. The Kier molecular flexibility index (Phi) is 2.28. The molecular formula is C8H9N3O3. The van der Waals surface area contributed by atoms with Crippen LogP contribution < -0.4 is 5.32 Å². The molecule has 0 atom stereocenters. The van der Waals surface area contributed by atoms with E-state index < -0.39 is 5.97 Å². The minimum atomic E-state index is -1.06. The molecule has 0 amide bonds. The van der Waals surface area contributed by atoms with Gasteiger partial charge in [-0.2, -0.15) is 0 Å². The number of carboxylic acids is 1. The number of hydrogen-bond acceptors (Lipinski definition) is 5. The third-order valence-electron chi connectivity index (χ3n) is 1.88. The lowest BCUT2D eigenvalue weighted by molar-refractivity contribution is 0.0209. The summed E-state index contributed by atoms with van der Waals surface area (Å²) in [6, 6.07) is 1.63. The molecule has 0 aromatic carbocycles. The number of aromatic nitrogens is 2. The van der Waals surface area contributed by atoms with Crippen LogP contribution >= 0.6 is 0 Å². The van der Waals surface area contributed by atoms with E-state index in [1.807, 2.05) is 0 Å². The van der Waals surface area contributed by atoms with Crippen LogP contribution in [-0.2, 0) is 4.74 Å². The highest BCUT2D eigenvalue weighted by Gasteiger charge is 2.18. The first-order valence-corrected chi connectivity index (χ1v) is 4.15. The van der Waals surface area contributed by atoms with Gasteiger partial charge in [0.1, 0.15) is 12.1 Å². The van der Waals surface area contributed by atoms with E-state index in [1.165, 1.54) is 12.4 Å². The average Bonchev–Trinajstić information content (AvgIpc) is 2.12. The van der Waals surface area contributed by atoms with E-state index in [1.54, 1.807) is 0 Å². The Morgan fingerprint density at radius 3 is 2.93 bits per heavy atom. The normalized spacial score (nSPS) is 16.0. The molecule has 1 fully saturated rings. The van der Waals surface area contributed by atoms with E-state index in [0.717, 1.165) is 0 Å². The molecule has 0 spiro atoms. The van der Waals surface area contributed by atoms with Gasteiger partial charge >= 0.3 is 5.97 Å². The zero-order valence-corrected chi connectivity index (χ0v) is 7.30. The fourth-order valence-corrected chi connectivity index (χ4v) is 1.08. The number of carboxylic acid groups (broad SMARTS) is 1. The summed E-state index contributed by atoms with van der Waals surface area (Å²) in [5.74, 6) is -0.536. The topological polar surface area (TPSA) is 84.3 Å². The summed E-state index contributed by atoms with van der Waals surface area (Å²) in [5, 5.41) is 11.7. The average molecular weight is 195 g/mol. The summed E-state index contributed by atoms with van der Waals surface area (Å²) < 4.78 is 4.96. The molecule has 2 rings (SSSR count). The van der Waals surface area contributed by atoms with E-state index in [2.05, 4.69) is 15.3 Å². The van der Waals surface area contributed by atoms with Crippen LogP contribution in [0.5, 0.6) is 0 Å². The van der Waals surface area contributed by atoms with Gasteiger partial charge in [0.05, 0.1) is 19.3 Å². The first-order chi connectivity index (χ1) is 6.75. The van der Waals surface area contributed by atoms with E-state index in [9.17, 15) is 4.79 Å². The Bertz CT molecular complexity index is 351. The lowest BCUT2D eigenvalue weighted by Gasteiger charge is -2.27. The maximum atomic E-state index is 10.6. The SMILES string of the molecule is O=C(O)c1cc(NC2COC2)ncn1. The van der Waals surface area contributed by atoms with Gasteiger partial charge in [0, 0.05) is 6.07 Å². The monoisotopic (exact) mass is 195 g/mol. The fraction of sp³-hybridized carbons (Fsp3) is 0.375. The van der Waals surface area contributed by atoms with Gasteiger partial charge in [-0.25, -0.2) is 14.8 Å². The van der Waals surface area contributed by atoms with Crippen molar-refractivity contribution in [2.24, 2.45) is 0 Å². The Morgan fingerprint density at radius 2 is 2.36 bits per heavy atom. The van der Waals surface area contributed by atoms with Crippen LogP contribution in [0.3, 0.4) is 0 Å². The van der Waals surface area contributed by atoms with Gasteiger partial charge in [0.2, 0.25) is 0 Å². The largest absolute Gasteiger partial charge is 0.477 e. The van der Waals surface area contributed by atoms with Crippen molar-refractivity contribution >= 4 is 11.8 Å². The first kappa shape index (κ1) is 8.89. The molecule has 2 heterocycles. The third-order valence-corrected chi connectivity index (χ3v) is 1.88. The van der Waals surface area contributed by atoms with Crippen molar-refractivity contribution in [3.63, 3.8) is 0 Å². The molecule has 1 aromatic rings. The zero-order chi connectivity index (χ0) is 9.97. The standard InChI is InChI=1S/C8H9N3O3/c12-8(13)6-1-7(10-4-9-6)11-5-2-14-3-5/h1,4-5H,2-3H2,(H,12,13)(H,9,10,11). The van der Waals surface area contributed by atoms with Crippen molar-refractivity contribution in [1.29, 1.82) is 0 Å². The first-order valence-electron chi connectivity index (χ1n) is 4.15. The minimum Gasteiger partial charge on any atom is -0.477 e. The van der Waals surface area contributed by atoms with Crippen molar-refractivity contribution in [3.8, 4) is 0 Å². The van der Waals surface area contributed by atoms with Crippen LogP contribution in [0.25, 0.3) is 0 Å². The van der Waals surface area contributed by atoms with Crippen LogP contribution in [0.1, 0.15) is 10.5 Å². The third kappa shape index (κ3) is 1.80. The Hall–Kier alpha value is -1.69. The van der Waals surface area contributed by atoms with Crippen LogP contribution in [0.15, 0.2) is 12.4 Å². The van der Waals surface area contributed by atoms with Gasteiger partial charge in [0.25, 0.3) is 0 Å². The van der Waals surface area contributed by atoms with Crippen molar-refractivity contribution in [1.82, 2.24) is 9.97 Å². The molecule has 6 nitrogen and oxygen atoms in total. The maximum absolute atomic E-state index is 10.6. The number of aromatic carboxylic acids is 1. The molecule has 0 radical (unpaired) electrons. The van der Waals surface area contributed by atoms with Gasteiger partial charge < -0.3 is 15.2 Å². The highest BCUT2D eigenvalue weighted by Crippen LogP contribution is 2.10. The van der Waals surface area contributed by atoms with Crippen LogP contribution in [0.4, 0.5) is 5.82 Å². The van der Waals surface area contributed by atoms with Crippen molar-refractivity contribution in [3.05, 3.63) is 18.1 Å². The van der Waals surface area contributed by atoms with E-state index in [4.69, 9.17) is 9.84 Å². The van der Waals surface area contributed by atoms with Gasteiger partial charge in [-0.3, -0.25) is 0 Å². The number of nitrogens with zero attached hydrogens (tertiary/aromatic N) is 2. The quantitative estimate of drug-likeness (QED) is 0.705. The number of ether oxygens (including phenoxy) is 1. The summed E-state index contributed by atoms with van der Waals surface area (Å²) in [6.07, 6.45) is 1.23. The van der Waals surface area contributed by atoms with Crippen LogP contribution in [0.2, 0.25) is 0 Å².